The minimum Gasteiger partial charge on any atom is -0.494 e. The van der Waals surface area contributed by atoms with Gasteiger partial charge in [0.15, 0.2) is 0 Å². The van der Waals surface area contributed by atoms with Crippen molar-refractivity contribution in [3.8, 4) is 5.75 Å². The molecule has 2 aromatic carbocycles. The summed E-state index contributed by atoms with van der Waals surface area (Å²) in [7, 11) is 0. The number of rotatable bonds is 8. The highest BCUT2D eigenvalue weighted by atomic mass is 16.5. The molecule has 122 valence electrons. The van der Waals surface area contributed by atoms with Crippen LogP contribution in [0.15, 0.2) is 48.5 Å². The van der Waals surface area contributed by atoms with E-state index < -0.39 is 0 Å². The second-order valence-corrected chi connectivity index (χ2v) is 5.47. The second-order valence-electron chi connectivity index (χ2n) is 5.47. The number of amides is 1. The predicted molar refractivity (Wildman–Crippen MR) is 93.7 cm³/mol. The maximum absolute atomic E-state index is 12.1. The van der Waals surface area contributed by atoms with Gasteiger partial charge in [-0.2, -0.15) is 0 Å². The van der Waals surface area contributed by atoms with E-state index in [9.17, 15) is 4.79 Å². The lowest BCUT2D eigenvalue weighted by Crippen LogP contribution is -2.25. The molecule has 3 N–H and O–H groups in total. The minimum atomic E-state index is -0.0689. The Kier molecular flexibility index (Phi) is 6.48. The zero-order chi connectivity index (χ0) is 16.5. The third-order valence-corrected chi connectivity index (χ3v) is 3.56. The van der Waals surface area contributed by atoms with E-state index >= 15 is 0 Å². The first kappa shape index (κ1) is 16.9. The van der Waals surface area contributed by atoms with Crippen LogP contribution in [-0.2, 0) is 6.42 Å². The molecule has 0 unspecified atom stereocenters. The predicted octanol–water partition coefficient (Wildman–Crippen LogP) is 3.42. The fourth-order valence-electron chi connectivity index (χ4n) is 2.14. The van der Waals surface area contributed by atoms with Crippen molar-refractivity contribution in [3.63, 3.8) is 0 Å². The Balaban J connectivity index is 1.77. The summed E-state index contributed by atoms with van der Waals surface area (Å²) in [5, 5.41) is 2.92. The van der Waals surface area contributed by atoms with Crippen LogP contribution in [0, 0.1) is 0 Å². The van der Waals surface area contributed by atoms with E-state index in [1.807, 2.05) is 36.4 Å². The van der Waals surface area contributed by atoms with Gasteiger partial charge < -0.3 is 15.8 Å². The lowest BCUT2D eigenvalue weighted by Gasteiger charge is -2.08. The average Bonchev–Trinajstić information content (AvgIpc) is 2.57. The van der Waals surface area contributed by atoms with E-state index in [2.05, 4.69) is 12.2 Å². The molecular formula is C19H24N2O2. The number of ether oxygens (including phenoxy) is 1. The molecule has 4 heteroatoms. The summed E-state index contributed by atoms with van der Waals surface area (Å²) in [4.78, 5) is 12.1. The van der Waals surface area contributed by atoms with Gasteiger partial charge in [-0.25, -0.2) is 0 Å². The van der Waals surface area contributed by atoms with Crippen LogP contribution >= 0.6 is 0 Å². The highest BCUT2D eigenvalue weighted by molar-refractivity contribution is 5.94. The lowest BCUT2D eigenvalue weighted by atomic mass is 10.1. The molecule has 4 nitrogen and oxygen atoms in total. The Hall–Kier alpha value is -2.49. The second kappa shape index (κ2) is 8.83. The topological polar surface area (TPSA) is 64.3 Å². The Morgan fingerprint density at radius 3 is 2.43 bits per heavy atom. The average molecular weight is 312 g/mol. The molecule has 0 aliphatic heterocycles. The molecule has 0 atom stereocenters. The van der Waals surface area contributed by atoms with E-state index in [1.54, 1.807) is 12.1 Å². The van der Waals surface area contributed by atoms with Crippen molar-refractivity contribution >= 4 is 11.6 Å². The highest BCUT2D eigenvalue weighted by Crippen LogP contribution is 2.13. The van der Waals surface area contributed by atoms with Crippen LogP contribution in [0.1, 0.15) is 35.7 Å². The summed E-state index contributed by atoms with van der Waals surface area (Å²) in [6.45, 7) is 3.43. The fourth-order valence-corrected chi connectivity index (χ4v) is 2.14. The van der Waals surface area contributed by atoms with Gasteiger partial charge in [0, 0.05) is 17.8 Å². The van der Waals surface area contributed by atoms with Crippen molar-refractivity contribution in [2.75, 3.05) is 18.9 Å². The number of nitrogens with two attached hydrogens (primary N) is 1. The van der Waals surface area contributed by atoms with Gasteiger partial charge in [0.05, 0.1) is 6.61 Å². The molecule has 23 heavy (non-hydrogen) atoms. The molecule has 0 aliphatic carbocycles. The van der Waals surface area contributed by atoms with Gasteiger partial charge in [0.25, 0.3) is 5.91 Å². The van der Waals surface area contributed by atoms with Crippen LogP contribution in [0.25, 0.3) is 0 Å². The van der Waals surface area contributed by atoms with Crippen LogP contribution < -0.4 is 15.8 Å². The quantitative estimate of drug-likeness (QED) is 0.580. The number of hydrogen-bond donors (Lipinski definition) is 2. The molecule has 2 rings (SSSR count). The number of anilines is 1. The molecule has 0 fully saturated rings. The van der Waals surface area contributed by atoms with Gasteiger partial charge in [0.2, 0.25) is 0 Å². The molecule has 0 heterocycles. The van der Waals surface area contributed by atoms with E-state index in [4.69, 9.17) is 10.5 Å². The maximum atomic E-state index is 12.1. The number of nitrogen functional groups attached to an aromatic ring is 1. The van der Waals surface area contributed by atoms with Crippen LogP contribution in [-0.4, -0.2) is 19.1 Å². The molecule has 2 aromatic rings. The summed E-state index contributed by atoms with van der Waals surface area (Å²) in [5.41, 5.74) is 8.19. The van der Waals surface area contributed by atoms with Crippen molar-refractivity contribution < 1.29 is 9.53 Å². The van der Waals surface area contributed by atoms with E-state index in [1.165, 1.54) is 0 Å². The summed E-state index contributed by atoms with van der Waals surface area (Å²) >= 11 is 0. The Morgan fingerprint density at radius 2 is 1.78 bits per heavy atom. The van der Waals surface area contributed by atoms with Gasteiger partial charge in [0.1, 0.15) is 5.75 Å². The summed E-state index contributed by atoms with van der Waals surface area (Å²) in [5.74, 6) is 0.734. The molecule has 0 spiro atoms. The van der Waals surface area contributed by atoms with Crippen LogP contribution in [0.5, 0.6) is 5.75 Å². The number of nitrogens with one attached hydrogen (secondary N) is 1. The monoisotopic (exact) mass is 312 g/mol. The number of benzene rings is 2. The zero-order valence-electron chi connectivity index (χ0n) is 13.5. The Labute approximate surface area is 137 Å². The van der Waals surface area contributed by atoms with Gasteiger partial charge in [-0.15, -0.1) is 0 Å². The van der Waals surface area contributed by atoms with E-state index in [0.717, 1.165) is 36.3 Å². The standard InChI is InChI=1S/C19H24N2O2/c1-2-3-14-23-18-10-6-16(7-11-18)19(22)21-13-12-15-4-8-17(20)9-5-15/h4-11H,2-3,12-14,20H2,1H3,(H,21,22). The fraction of sp³-hybridized carbons (Fsp3) is 0.316. The van der Waals surface area contributed by atoms with Gasteiger partial charge >= 0.3 is 0 Å². The van der Waals surface area contributed by atoms with Crippen molar-refractivity contribution in [2.24, 2.45) is 0 Å². The molecule has 0 aromatic heterocycles. The summed E-state index contributed by atoms with van der Waals surface area (Å²) in [6, 6.07) is 14.9. The molecule has 1 amide bonds. The summed E-state index contributed by atoms with van der Waals surface area (Å²) < 4.78 is 5.59. The zero-order valence-corrected chi connectivity index (χ0v) is 13.5. The molecule has 0 radical (unpaired) electrons. The first-order valence-electron chi connectivity index (χ1n) is 8.04. The lowest BCUT2D eigenvalue weighted by molar-refractivity contribution is 0.0954. The minimum absolute atomic E-state index is 0.0689. The number of carbonyl (C=O) groups excluding carboxylic acids is 1. The van der Waals surface area contributed by atoms with Crippen LogP contribution in [0.2, 0.25) is 0 Å². The van der Waals surface area contributed by atoms with Crippen LogP contribution in [0.3, 0.4) is 0 Å². The number of carbonyl (C=O) groups is 1. The smallest absolute Gasteiger partial charge is 0.251 e. The number of unbranched alkanes of at least 4 members (excludes halogenated alkanes) is 1. The third-order valence-electron chi connectivity index (χ3n) is 3.56. The van der Waals surface area contributed by atoms with E-state index in [0.29, 0.717) is 18.7 Å². The normalized spacial score (nSPS) is 10.3. The van der Waals surface area contributed by atoms with Gasteiger partial charge in [-0.05, 0) is 54.8 Å². The maximum Gasteiger partial charge on any atom is 0.251 e. The largest absolute Gasteiger partial charge is 0.494 e. The SMILES string of the molecule is CCCCOc1ccc(C(=O)NCCc2ccc(N)cc2)cc1. The number of hydrogen-bond acceptors (Lipinski definition) is 3. The third kappa shape index (κ3) is 5.66. The first-order valence-corrected chi connectivity index (χ1v) is 8.04. The Morgan fingerprint density at radius 1 is 1.09 bits per heavy atom. The van der Waals surface area contributed by atoms with Gasteiger partial charge in [-0.3, -0.25) is 4.79 Å². The summed E-state index contributed by atoms with van der Waals surface area (Å²) in [6.07, 6.45) is 2.92. The van der Waals surface area contributed by atoms with E-state index in [-0.39, 0.29) is 5.91 Å². The molecule has 0 saturated heterocycles. The van der Waals surface area contributed by atoms with Crippen molar-refractivity contribution in [3.05, 3.63) is 59.7 Å². The van der Waals surface area contributed by atoms with Gasteiger partial charge in [-0.1, -0.05) is 25.5 Å². The molecule has 0 saturated carbocycles. The van der Waals surface area contributed by atoms with Crippen molar-refractivity contribution in [1.29, 1.82) is 0 Å². The highest BCUT2D eigenvalue weighted by Gasteiger charge is 2.05. The van der Waals surface area contributed by atoms with Crippen molar-refractivity contribution in [2.45, 2.75) is 26.2 Å². The molecular weight excluding hydrogens is 288 g/mol. The first-order chi connectivity index (χ1) is 11.2. The van der Waals surface area contributed by atoms with Crippen LogP contribution in [0.4, 0.5) is 5.69 Å². The Bertz CT molecular complexity index is 606. The molecule has 0 aliphatic rings. The van der Waals surface area contributed by atoms with Crippen molar-refractivity contribution in [1.82, 2.24) is 5.32 Å². The molecule has 0 bridgehead atoms.